The molecule has 1 unspecified atom stereocenters. The normalized spacial score (nSPS) is 15.7. The number of carboxylic acids is 1. The summed E-state index contributed by atoms with van der Waals surface area (Å²) in [5.41, 5.74) is 1.81. The Morgan fingerprint density at radius 1 is 1.32 bits per heavy atom. The number of likely N-dealkylation sites (N-methyl/N-ethyl adjacent to an activating group) is 1. The molecule has 182 valence electrons. The fourth-order valence-corrected chi connectivity index (χ4v) is 4.15. The van der Waals surface area contributed by atoms with E-state index < -0.39 is 5.97 Å². The largest absolute Gasteiger partial charge is 0.550 e. The number of carbonyl (C=O) groups is 1. The number of carboxylic acid groups (broad SMARTS) is 1. The van der Waals surface area contributed by atoms with Crippen LogP contribution in [0.3, 0.4) is 0 Å². The fourth-order valence-electron chi connectivity index (χ4n) is 4.15. The molecule has 9 heteroatoms. The minimum Gasteiger partial charge on any atom is -0.550 e. The summed E-state index contributed by atoms with van der Waals surface area (Å²) in [7, 11) is 8.27. The molecule has 1 fully saturated rings. The van der Waals surface area contributed by atoms with Gasteiger partial charge in [0.05, 0.1) is 51.3 Å². The van der Waals surface area contributed by atoms with Crippen LogP contribution in [0.25, 0.3) is 22.4 Å². The first-order chi connectivity index (χ1) is 16.0. The van der Waals surface area contributed by atoms with Gasteiger partial charge >= 0.3 is 5.63 Å². The van der Waals surface area contributed by atoms with Gasteiger partial charge in [0.25, 0.3) is 0 Å². The monoisotopic (exact) mass is 468 g/mol. The van der Waals surface area contributed by atoms with Crippen molar-refractivity contribution in [1.82, 2.24) is 9.97 Å². The Kier molecular flexibility index (Phi) is 7.56. The number of carbonyl (C=O) groups excluding carboxylic acids is 1. The van der Waals surface area contributed by atoms with E-state index in [0.717, 1.165) is 47.9 Å². The number of rotatable bonds is 5. The van der Waals surface area contributed by atoms with E-state index in [2.05, 4.69) is 31.0 Å². The number of hydrogen-bond acceptors (Lipinski definition) is 8. The standard InChI is InChI=1S/C23H29N4O3.C2H4O2/c1-6-15-12-17(29-5)13-19-20(15)23(28)30-22(25-19)18-8-7-10-24-21(18)26-11-9-16(14-26)27(2,3)4;1-2(3)4/h7-8,10,12-13,16H,6,9,11,14H2,1-5H3;1H3,(H,3,4)/q+1;/p-1. The van der Waals surface area contributed by atoms with Crippen LogP contribution in [-0.4, -0.2) is 67.8 Å². The van der Waals surface area contributed by atoms with Crippen LogP contribution in [0.1, 0.15) is 25.8 Å². The molecule has 0 aliphatic carbocycles. The van der Waals surface area contributed by atoms with Gasteiger partial charge in [0, 0.05) is 31.2 Å². The molecule has 4 rings (SSSR count). The number of nitrogens with zero attached hydrogens (tertiary/aromatic N) is 4. The van der Waals surface area contributed by atoms with Gasteiger partial charge in [-0.3, -0.25) is 0 Å². The van der Waals surface area contributed by atoms with Gasteiger partial charge in [-0.15, -0.1) is 0 Å². The third-order valence-corrected chi connectivity index (χ3v) is 5.98. The van der Waals surface area contributed by atoms with E-state index in [-0.39, 0.29) is 5.63 Å². The molecular formula is C25H32N4O5. The second-order valence-corrected chi connectivity index (χ2v) is 9.21. The number of aromatic nitrogens is 2. The van der Waals surface area contributed by atoms with E-state index in [0.29, 0.717) is 35.0 Å². The number of ether oxygens (including phenoxy) is 1. The van der Waals surface area contributed by atoms with E-state index in [4.69, 9.17) is 24.0 Å². The van der Waals surface area contributed by atoms with Gasteiger partial charge in [0.15, 0.2) is 0 Å². The van der Waals surface area contributed by atoms with Crippen molar-refractivity contribution >= 4 is 22.7 Å². The molecule has 2 aromatic heterocycles. The molecule has 3 heterocycles. The topological polar surface area (TPSA) is 109 Å². The lowest BCUT2D eigenvalue weighted by atomic mass is 10.1. The maximum atomic E-state index is 12.9. The quantitative estimate of drug-likeness (QED) is 0.522. The first-order valence-electron chi connectivity index (χ1n) is 11.3. The average molecular weight is 469 g/mol. The SMILES string of the molecule is CC(=O)[O-].CCc1cc(OC)cc2nc(-c3cccnc3N3CCC([N+](C)(C)C)C3)oc(=O)c12. The molecule has 9 nitrogen and oxygen atoms in total. The maximum Gasteiger partial charge on any atom is 0.347 e. The lowest BCUT2D eigenvalue weighted by Crippen LogP contribution is -2.46. The molecule has 1 saturated heterocycles. The van der Waals surface area contributed by atoms with Gasteiger partial charge in [-0.1, -0.05) is 6.92 Å². The Labute approximate surface area is 199 Å². The smallest absolute Gasteiger partial charge is 0.347 e. The zero-order valence-corrected chi connectivity index (χ0v) is 20.6. The second kappa shape index (κ2) is 10.2. The third-order valence-electron chi connectivity index (χ3n) is 5.98. The highest BCUT2D eigenvalue weighted by atomic mass is 16.5. The van der Waals surface area contributed by atoms with Crippen LogP contribution >= 0.6 is 0 Å². The highest BCUT2D eigenvalue weighted by Crippen LogP contribution is 2.32. The van der Waals surface area contributed by atoms with E-state index in [1.54, 1.807) is 19.4 Å². The molecule has 34 heavy (non-hydrogen) atoms. The van der Waals surface area contributed by atoms with Crippen LogP contribution in [0.15, 0.2) is 39.7 Å². The van der Waals surface area contributed by atoms with E-state index >= 15 is 0 Å². The summed E-state index contributed by atoms with van der Waals surface area (Å²) in [6, 6.07) is 7.94. The number of hydrogen-bond donors (Lipinski definition) is 0. The maximum absolute atomic E-state index is 12.9. The van der Waals surface area contributed by atoms with Crippen molar-refractivity contribution in [2.75, 3.05) is 46.2 Å². The molecule has 3 aromatic rings. The zero-order valence-electron chi connectivity index (χ0n) is 20.6. The molecule has 0 amide bonds. The first kappa shape index (κ1) is 25.2. The number of benzene rings is 1. The summed E-state index contributed by atoms with van der Waals surface area (Å²) in [6.07, 6.45) is 3.55. The molecule has 1 aliphatic rings. The highest BCUT2D eigenvalue weighted by molar-refractivity contribution is 5.84. The highest BCUT2D eigenvalue weighted by Gasteiger charge is 2.34. The number of quaternary nitrogens is 1. The lowest BCUT2D eigenvalue weighted by molar-refractivity contribution is -0.893. The molecular weight excluding hydrogens is 436 g/mol. The van der Waals surface area contributed by atoms with Crippen molar-refractivity contribution in [2.45, 2.75) is 32.7 Å². The van der Waals surface area contributed by atoms with Gasteiger partial charge in [-0.05, 0) is 37.1 Å². The van der Waals surface area contributed by atoms with E-state index in [1.165, 1.54) is 0 Å². The van der Waals surface area contributed by atoms with Crippen molar-refractivity contribution in [3.8, 4) is 17.2 Å². The number of pyridine rings is 1. The Balaban J connectivity index is 0.000000751. The number of fused-ring (bicyclic) bond motifs is 1. The first-order valence-corrected chi connectivity index (χ1v) is 11.3. The van der Waals surface area contributed by atoms with Crippen LogP contribution in [0.2, 0.25) is 0 Å². The van der Waals surface area contributed by atoms with Crippen molar-refractivity contribution in [3.63, 3.8) is 0 Å². The predicted molar refractivity (Wildman–Crippen MR) is 129 cm³/mol. The Morgan fingerprint density at radius 2 is 2.03 bits per heavy atom. The number of methoxy groups -OCH3 is 1. The average Bonchev–Trinajstić information content (AvgIpc) is 3.28. The molecule has 0 saturated carbocycles. The van der Waals surface area contributed by atoms with E-state index in [1.807, 2.05) is 25.1 Å². The van der Waals surface area contributed by atoms with Crippen LogP contribution in [-0.2, 0) is 11.2 Å². The minimum atomic E-state index is -1.08. The van der Waals surface area contributed by atoms with Crippen LogP contribution in [0.5, 0.6) is 5.75 Å². The molecule has 0 N–H and O–H groups in total. The summed E-state index contributed by atoms with van der Waals surface area (Å²) in [4.78, 5) is 33.4. The van der Waals surface area contributed by atoms with Crippen molar-refractivity contribution < 1.29 is 23.5 Å². The van der Waals surface area contributed by atoms with Crippen LogP contribution in [0.4, 0.5) is 5.82 Å². The van der Waals surface area contributed by atoms with Gasteiger partial charge in [-0.2, -0.15) is 0 Å². The summed E-state index contributed by atoms with van der Waals surface area (Å²) in [5, 5.41) is 9.40. The minimum absolute atomic E-state index is 0.291. The molecule has 0 spiro atoms. The van der Waals surface area contributed by atoms with Gasteiger partial charge < -0.3 is 28.4 Å². The van der Waals surface area contributed by atoms with Crippen molar-refractivity contribution in [3.05, 3.63) is 46.4 Å². The van der Waals surface area contributed by atoms with Crippen LogP contribution in [0, 0.1) is 0 Å². The Hall–Kier alpha value is -3.46. The Bertz CT molecular complexity index is 1230. The van der Waals surface area contributed by atoms with Crippen LogP contribution < -0.4 is 20.4 Å². The van der Waals surface area contributed by atoms with Gasteiger partial charge in [0.2, 0.25) is 5.89 Å². The van der Waals surface area contributed by atoms with Gasteiger partial charge in [-0.25, -0.2) is 14.8 Å². The van der Waals surface area contributed by atoms with Crippen molar-refractivity contribution in [1.29, 1.82) is 0 Å². The Morgan fingerprint density at radius 3 is 2.62 bits per heavy atom. The lowest BCUT2D eigenvalue weighted by Gasteiger charge is -2.31. The molecule has 0 radical (unpaired) electrons. The summed E-state index contributed by atoms with van der Waals surface area (Å²) in [6.45, 7) is 4.78. The molecule has 1 aliphatic heterocycles. The number of aryl methyl sites for hydroxylation is 1. The summed E-state index contributed by atoms with van der Waals surface area (Å²) < 4.78 is 12.0. The second-order valence-electron chi connectivity index (χ2n) is 9.21. The predicted octanol–water partition coefficient (Wildman–Crippen LogP) is 1.86. The summed E-state index contributed by atoms with van der Waals surface area (Å²) in [5.74, 6) is 0.696. The van der Waals surface area contributed by atoms with E-state index in [9.17, 15) is 4.79 Å². The third kappa shape index (κ3) is 5.53. The molecule has 1 aromatic carbocycles. The van der Waals surface area contributed by atoms with Crippen molar-refractivity contribution in [2.24, 2.45) is 0 Å². The van der Waals surface area contributed by atoms with Gasteiger partial charge in [0.1, 0.15) is 17.6 Å². The number of anilines is 1. The summed E-state index contributed by atoms with van der Waals surface area (Å²) >= 11 is 0. The molecule has 1 atom stereocenters. The fraction of sp³-hybridized carbons (Fsp3) is 0.440. The number of aliphatic carboxylic acids is 1. The molecule has 0 bridgehead atoms. The zero-order chi connectivity index (χ0) is 25.0.